The van der Waals surface area contributed by atoms with Crippen molar-refractivity contribution in [3.63, 3.8) is 0 Å². The number of rotatable bonds is 4. The van der Waals surface area contributed by atoms with Gasteiger partial charge in [-0.25, -0.2) is 4.98 Å². The van der Waals surface area contributed by atoms with Gasteiger partial charge in [-0.2, -0.15) is 0 Å². The summed E-state index contributed by atoms with van der Waals surface area (Å²) >= 11 is 0. The first kappa shape index (κ1) is 16.4. The average molecular weight is 326 g/mol. The second kappa shape index (κ2) is 7.40. The van der Waals surface area contributed by atoms with E-state index in [-0.39, 0.29) is 11.9 Å². The third-order valence-electron chi connectivity index (χ3n) is 4.33. The Morgan fingerprint density at radius 2 is 2.29 bits per heavy atom. The van der Waals surface area contributed by atoms with Gasteiger partial charge in [0.05, 0.1) is 6.20 Å². The van der Waals surface area contributed by atoms with Crippen molar-refractivity contribution in [2.45, 2.75) is 25.8 Å². The molecule has 2 aromatic rings. The van der Waals surface area contributed by atoms with E-state index < -0.39 is 0 Å². The number of carbonyl (C=O) groups is 1. The van der Waals surface area contributed by atoms with Crippen LogP contribution in [0.3, 0.4) is 0 Å². The standard InChI is InChI=1S/C18H22N4O2/c1-13(19)15-5-3-9-22(12-15)18(23)14-4-2-6-16(10-14)24-17-11-20-7-8-21-17/h2,4,6-8,10-11,13,15H,3,5,9,12,19H2,1H3/t13-,15-/m0/s1. The van der Waals surface area contributed by atoms with E-state index in [1.807, 2.05) is 17.9 Å². The molecule has 126 valence electrons. The first-order valence-electron chi connectivity index (χ1n) is 8.22. The Bertz CT molecular complexity index is 690. The van der Waals surface area contributed by atoms with E-state index in [1.54, 1.807) is 30.6 Å². The number of likely N-dealkylation sites (tertiary alicyclic amines) is 1. The van der Waals surface area contributed by atoms with Crippen molar-refractivity contribution in [1.82, 2.24) is 14.9 Å². The molecule has 0 saturated carbocycles. The van der Waals surface area contributed by atoms with E-state index in [9.17, 15) is 4.79 Å². The molecule has 2 heterocycles. The smallest absolute Gasteiger partial charge is 0.253 e. The molecular weight excluding hydrogens is 304 g/mol. The highest BCUT2D eigenvalue weighted by Crippen LogP contribution is 2.23. The van der Waals surface area contributed by atoms with E-state index in [2.05, 4.69) is 9.97 Å². The molecule has 0 unspecified atom stereocenters. The first-order valence-corrected chi connectivity index (χ1v) is 8.22. The largest absolute Gasteiger partial charge is 0.437 e. The molecule has 2 atom stereocenters. The summed E-state index contributed by atoms with van der Waals surface area (Å²) in [6.45, 7) is 3.50. The van der Waals surface area contributed by atoms with Gasteiger partial charge in [-0.05, 0) is 43.9 Å². The van der Waals surface area contributed by atoms with E-state index in [0.717, 1.165) is 19.4 Å². The lowest BCUT2D eigenvalue weighted by Crippen LogP contribution is -2.45. The summed E-state index contributed by atoms with van der Waals surface area (Å²) in [5.74, 6) is 1.35. The summed E-state index contributed by atoms with van der Waals surface area (Å²) in [5.41, 5.74) is 6.62. The molecule has 1 saturated heterocycles. The van der Waals surface area contributed by atoms with Crippen molar-refractivity contribution in [2.24, 2.45) is 11.7 Å². The molecular formula is C18H22N4O2. The summed E-state index contributed by atoms with van der Waals surface area (Å²) in [5, 5.41) is 0. The minimum atomic E-state index is 0.0185. The lowest BCUT2D eigenvalue weighted by atomic mass is 9.92. The lowest BCUT2D eigenvalue weighted by Gasteiger charge is -2.34. The van der Waals surface area contributed by atoms with Gasteiger partial charge in [0, 0.05) is 37.1 Å². The van der Waals surface area contributed by atoms with Crippen molar-refractivity contribution in [3.05, 3.63) is 48.4 Å². The van der Waals surface area contributed by atoms with Gasteiger partial charge in [-0.15, -0.1) is 0 Å². The zero-order valence-electron chi connectivity index (χ0n) is 13.8. The summed E-state index contributed by atoms with van der Waals surface area (Å²) in [6, 6.07) is 7.26. The van der Waals surface area contributed by atoms with Crippen LogP contribution in [0.4, 0.5) is 0 Å². The molecule has 1 aromatic carbocycles. The Hall–Kier alpha value is -2.47. The van der Waals surface area contributed by atoms with Crippen molar-refractivity contribution in [3.8, 4) is 11.6 Å². The Morgan fingerprint density at radius 3 is 3.04 bits per heavy atom. The van der Waals surface area contributed by atoms with Crippen LogP contribution in [0.1, 0.15) is 30.1 Å². The molecule has 6 heteroatoms. The highest BCUT2D eigenvalue weighted by atomic mass is 16.5. The van der Waals surface area contributed by atoms with Crippen LogP contribution in [0, 0.1) is 5.92 Å². The van der Waals surface area contributed by atoms with Crippen molar-refractivity contribution < 1.29 is 9.53 Å². The third kappa shape index (κ3) is 3.89. The molecule has 3 rings (SSSR count). The van der Waals surface area contributed by atoms with Gasteiger partial charge < -0.3 is 15.4 Å². The fraction of sp³-hybridized carbons (Fsp3) is 0.389. The van der Waals surface area contributed by atoms with Gasteiger partial charge in [0.2, 0.25) is 5.88 Å². The number of hydrogen-bond donors (Lipinski definition) is 1. The van der Waals surface area contributed by atoms with E-state index >= 15 is 0 Å². The van der Waals surface area contributed by atoms with E-state index in [4.69, 9.17) is 10.5 Å². The monoisotopic (exact) mass is 326 g/mol. The topological polar surface area (TPSA) is 81.3 Å². The number of amides is 1. The number of benzene rings is 1. The normalized spacial score (nSPS) is 18.9. The molecule has 1 aromatic heterocycles. The molecule has 6 nitrogen and oxygen atoms in total. The van der Waals surface area contributed by atoms with Gasteiger partial charge in [0.15, 0.2) is 0 Å². The second-order valence-corrected chi connectivity index (χ2v) is 6.19. The Kier molecular flexibility index (Phi) is 5.05. The number of piperidine rings is 1. The van der Waals surface area contributed by atoms with Gasteiger partial charge >= 0.3 is 0 Å². The van der Waals surface area contributed by atoms with Crippen LogP contribution in [-0.4, -0.2) is 39.9 Å². The zero-order chi connectivity index (χ0) is 16.9. The molecule has 1 aliphatic rings. The van der Waals surface area contributed by atoms with Crippen LogP contribution < -0.4 is 10.5 Å². The molecule has 0 spiro atoms. The fourth-order valence-electron chi connectivity index (χ4n) is 2.96. The SMILES string of the molecule is C[C@H](N)[C@H]1CCCN(C(=O)c2cccc(Oc3cnccn3)c2)C1. The fourth-order valence-corrected chi connectivity index (χ4v) is 2.96. The Balaban J connectivity index is 1.72. The highest BCUT2D eigenvalue weighted by Gasteiger charge is 2.26. The maximum Gasteiger partial charge on any atom is 0.253 e. The van der Waals surface area contributed by atoms with Gasteiger partial charge in [-0.3, -0.25) is 9.78 Å². The molecule has 0 aliphatic carbocycles. The summed E-state index contributed by atoms with van der Waals surface area (Å²) in [7, 11) is 0. The van der Waals surface area contributed by atoms with Crippen molar-refractivity contribution in [2.75, 3.05) is 13.1 Å². The molecule has 0 radical (unpaired) electrons. The third-order valence-corrected chi connectivity index (χ3v) is 4.33. The van der Waals surface area contributed by atoms with Crippen LogP contribution >= 0.6 is 0 Å². The van der Waals surface area contributed by atoms with Crippen LogP contribution in [0.2, 0.25) is 0 Å². The van der Waals surface area contributed by atoms with Gasteiger partial charge in [0.25, 0.3) is 5.91 Å². The van der Waals surface area contributed by atoms with Crippen LogP contribution in [0.15, 0.2) is 42.9 Å². The minimum absolute atomic E-state index is 0.0185. The number of ether oxygens (including phenoxy) is 1. The number of nitrogens with zero attached hydrogens (tertiary/aromatic N) is 3. The molecule has 24 heavy (non-hydrogen) atoms. The maximum absolute atomic E-state index is 12.8. The second-order valence-electron chi connectivity index (χ2n) is 6.19. The molecule has 1 fully saturated rings. The molecule has 0 bridgehead atoms. The predicted molar refractivity (Wildman–Crippen MR) is 90.8 cm³/mol. The van der Waals surface area contributed by atoms with E-state index in [0.29, 0.717) is 29.7 Å². The molecule has 2 N–H and O–H groups in total. The maximum atomic E-state index is 12.8. The summed E-state index contributed by atoms with van der Waals surface area (Å²) in [4.78, 5) is 22.7. The average Bonchev–Trinajstić information content (AvgIpc) is 2.62. The summed E-state index contributed by atoms with van der Waals surface area (Å²) < 4.78 is 5.65. The van der Waals surface area contributed by atoms with Crippen molar-refractivity contribution >= 4 is 5.91 Å². The van der Waals surface area contributed by atoms with Gasteiger partial charge in [-0.1, -0.05) is 6.07 Å². The number of aromatic nitrogens is 2. The zero-order valence-corrected chi connectivity index (χ0v) is 13.8. The Morgan fingerprint density at radius 1 is 1.42 bits per heavy atom. The summed E-state index contributed by atoms with van der Waals surface area (Å²) in [6.07, 6.45) is 6.75. The number of hydrogen-bond acceptors (Lipinski definition) is 5. The highest BCUT2D eigenvalue weighted by molar-refractivity contribution is 5.94. The minimum Gasteiger partial charge on any atom is -0.437 e. The molecule has 1 amide bonds. The molecule has 1 aliphatic heterocycles. The quantitative estimate of drug-likeness (QED) is 0.933. The van der Waals surface area contributed by atoms with Crippen LogP contribution in [-0.2, 0) is 0 Å². The number of carbonyl (C=O) groups excluding carboxylic acids is 1. The number of nitrogens with two attached hydrogens (primary N) is 1. The lowest BCUT2D eigenvalue weighted by molar-refractivity contribution is 0.0660. The van der Waals surface area contributed by atoms with Gasteiger partial charge in [0.1, 0.15) is 5.75 Å². The first-order chi connectivity index (χ1) is 11.6. The Labute approximate surface area is 141 Å². The predicted octanol–water partition coefficient (Wildman–Crippen LogP) is 2.47. The van der Waals surface area contributed by atoms with Crippen LogP contribution in [0.25, 0.3) is 0 Å². The van der Waals surface area contributed by atoms with E-state index in [1.165, 1.54) is 6.20 Å². The van der Waals surface area contributed by atoms with Crippen molar-refractivity contribution in [1.29, 1.82) is 0 Å². The van der Waals surface area contributed by atoms with Crippen LogP contribution in [0.5, 0.6) is 11.6 Å².